The number of carbonyl (C=O) groups is 1. The number of ether oxygens (including phenoxy) is 1. The van der Waals surface area contributed by atoms with Gasteiger partial charge in [0.1, 0.15) is 11.4 Å². The van der Waals surface area contributed by atoms with Gasteiger partial charge in [-0.15, -0.1) is 0 Å². The van der Waals surface area contributed by atoms with E-state index in [4.69, 9.17) is 16.3 Å². The second kappa shape index (κ2) is 8.83. The number of amides is 1. The molecule has 0 bridgehead atoms. The molecule has 2 rings (SSSR count). The van der Waals surface area contributed by atoms with E-state index in [9.17, 15) is 9.18 Å². The van der Waals surface area contributed by atoms with E-state index in [-0.39, 0.29) is 11.9 Å². The molecule has 0 radical (unpaired) electrons. The van der Waals surface area contributed by atoms with Gasteiger partial charge in [0, 0.05) is 56.4 Å². The highest BCUT2D eigenvalue weighted by Gasteiger charge is 2.25. The van der Waals surface area contributed by atoms with Crippen LogP contribution in [0.15, 0.2) is 18.2 Å². The highest BCUT2D eigenvalue weighted by molar-refractivity contribution is 6.30. The minimum atomic E-state index is -0.465. The Morgan fingerprint density at radius 3 is 2.60 bits per heavy atom. The summed E-state index contributed by atoms with van der Waals surface area (Å²) in [6.45, 7) is 10.6. The molecule has 1 heterocycles. The first-order chi connectivity index (χ1) is 11.7. The number of piperazine rings is 1. The van der Waals surface area contributed by atoms with Crippen molar-refractivity contribution in [3.8, 4) is 0 Å². The molecule has 0 atom stereocenters. The topological polar surface area (TPSA) is 44.8 Å². The first-order valence-electron chi connectivity index (χ1n) is 8.59. The number of nitrogens with zero attached hydrogens (tertiary/aromatic N) is 2. The van der Waals surface area contributed by atoms with Crippen molar-refractivity contribution in [2.24, 2.45) is 0 Å². The maximum Gasteiger partial charge on any atom is 0.410 e. The summed E-state index contributed by atoms with van der Waals surface area (Å²) in [7, 11) is 0. The molecule has 0 aliphatic carbocycles. The van der Waals surface area contributed by atoms with Gasteiger partial charge < -0.3 is 15.0 Å². The Morgan fingerprint density at radius 1 is 1.28 bits per heavy atom. The number of benzene rings is 1. The van der Waals surface area contributed by atoms with Crippen molar-refractivity contribution >= 4 is 17.7 Å². The van der Waals surface area contributed by atoms with Gasteiger partial charge >= 0.3 is 6.09 Å². The maximum atomic E-state index is 13.6. The van der Waals surface area contributed by atoms with E-state index in [1.165, 1.54) is 6.07 Å². The van der Waals surface area contributed by atoms with Gasteiger partial charge in [0.15, 0.2) is 0 Å². The molecule has 1 aliphatic heterocycles. The Labute approximate surface area is 154 Å². The monoisotopic (exact) mass is 371 g/mol. The van der Waals surface area contributed by atoms with Crippen LogP contribution >= 0.6 is 11.6 Å². The first-order valence-corrected chi connectivity index (χ1v) is 8.97. The molecule has 1 aromatic carbocycles. The van der Waals surface area contributed by atoms with Crippen LogP contribution in [0.3, 0.4) is 0 Å². The molecule has 1 fully saturated rings. The van der Waals surface area contributed by atoms with Gasteiger partial charge in [-0.25, -0.2) is 9.18 Å². The van der Waals surface area contributed by atoms with Gasteiger partial charge in [0.25, 0.3) is 0 Å². The molecule has 0 aromatic heterocycles. The second-order valence-corrected chi connectivity index (χ2v) is 7.66. The molecule has 1 amide bonds. The van der Waals surface area contributed by atoms with E-state index in [1.54, 1.807) is 17.0 Å². The molecular weight excluding hydrogens is 345 g/mol. The fraction of sp³-hybridized carbons (Fsp3) is 0.611. The van der Waals surface area contributed by atoms with Crippen molar-refractivity contribution in [1.82, 2.24) is 15.1 Å². The fourth-order valence-electron chi connectivity index (χ4n) is 2.62. The van der Waals surface area contributed by atoms with Crippen molar-refractivity contribution in [2.75, 3.05) is 39.3 Å². The highest BCUT2D eigenvalue weighted by Crippen LogP contribution is 2.14. The maximum absolute atomic E-state index is 13.6. The van der Waals surface area contributed by atoms with Gasteiger partial charge in [0.05, 0.1) is 0 Å². The van der Waals surface area contributed by atoms with Crippen LogP contribution in [0.4, 0.5) is 9.18 Å². The zero-order valence-corrected chi connectivity index (χ0v) is 15.9. The van der Waals surface area contributed by atoms with Gasteiger partial charge in [-0.2, -0.15) is 0 Å². The molecule has 0 unspecified atom stereocenters. The Balaban J connectivity index is 1.65. The van der Waals surface area contributed by atoms with Crippen molar-refractivity contribution in [1.29, 1.82) is 0 Å². The summed E-state index contributed by atoms with van der Waals surface area (Å²) in [5, 5.41) is 3.77. The van der Waals surface area contributed by atoms with Crippen LogP contribution in [0.5, 0.6) is 0 Å². The molecule has 0 saturated carbocycles. The SMILES string of the molecule is CC(C)(C)OC(=O)N1CCN(CCNCc2cc(Cl)ccc2F)CC1. The summed E-state index contributed by atoms with van der Waals surface area (Å²) >= 11 is 5.89. The molecule has 1 aliphatic rings. The lowest BCUT2D eigenvalue weighted by Crippen LogP contribution is -2.51. The average molecular weight is 372 g/mol. The van der Waals surface area contributed by atoms with Gasteiger partial charge in [-0.05, 0) is 39.0 Å². The number of halogens is 2. The summed E-state index contributed by atoms with van der Waals surface area (Å²) < 4.78 is 19.0. The predicted molar refractivity (Wildman–Crippen MR) is 97.4 cm³/mol. The predicted octanol–water partition coefficient (Wildman–Crippen LogP) is 3.12. The van der Waals surface area contributed by atoms with E-state index in [0.717, 1.165) is 26.2 Å². The Morgan fingerprint density at radius 2 is 1.96 bits per heavy atom. The summed E-state index contributed by atoms with van der Waals surface area (Å²) in [4.78, 5) is 16.1. The zero-order valence-electron chi connectivity index (χ0n) is 15.1. The van der Waals surface area contributed by atoms with E-state index in [1.807, 2.05) is 20.8 Å². The highest BCUT2D eigenvalue weighted by atomic mass is 35.5. The molecule has 7 heteroatoms. The van der Waals surface area contributed by atoms with Crippen LogP contribution < -0.4 is 5.32 Å². The largest absolute Gasteiger partial charge is 0.444 e. The minimum absolute atomic E-state index is 0.247. The first kappa shape index (κ1) is 19.9. The Hall–Kier alpha value is -1.37. The molecule has 0 spiro atoms. The Bertz CT molecular complexity index is 584. The summed E-state index contributed by atoms with van der Waals surface area (Å²) in [5.41, 5.74) is 0.107. The number of nitrogens with one attached hydrogen (secondary N) is 1. The average Bonchev–Trinajstić information content (AvgIpc) is 2.53. The van der Waals surface area contributed by atoms with Gasteiger partial charge in [-0.3, -0.25) is 4.90 Å². The van der Waals surface area contributed by atoms with E-state index < -0.39 is 5.60 Å². The molecule has 5 nitrogen and oxygen atoms in total. The lowest BCUT2D eigenvalue weighted by atomic mass is 10.2. The smallest absolute Gasteiger partial charge is 0.410 e. The van der Waals surface area contributed by atoms with Crippen LogP contribution in [-0.2, 0) is 11.3 Å². The normalized spacial score (nSPS) is 16.1. The fourth-order valence-corrected chi connectivity index (χ4v) is 2.81. The molecular formula is C18H27ClFN3O2. The number of carbonyl (C=O) groups excluding carboxylic acids is 1. The van der Waals surface area contributed by atoms with Crippen molar-refractivity contribution in [3.63, 3.8) is 0 Å². The second-order valence-electron chi connectivity index (χ2n) is 7.22. The van der Waals surface area contributed by atoms with E-state index in [2.05, 4.69) is 10.2 Å². The number of hydrogen-bond donors (Lipinski definition) is 1. The van der Waals surface area contributed by atoms with Crippen LogP contribution in [0.2, 0.25) is 5.02 Å². The quantitative estimate of drug-likeness (QED) is 0.808. The molecule has 140 valence electrons. The van der Waals surface area contributed by atoms with Crippen LogP contribution in [0.1, 0.15) is 26.3 Å². The van der Waals surface area contributed by atoms with Crippen LogP contribution in [-0.4, -0.2) is 60.8 Å². The summed E-state index contributed by atoms with van der Waals surface area (Å²) in [5.74, 6) is -0.247. The minimum Gasteiger partial charge on any atom is -0.444 e. The van der Waals surface area contributed by atoms with Crippen LogP contribution in [0, 0.1) is 5.82 Å². The molecule has 1 aromatic rings. The third-order valence-corrected chi connectivity index (χ3v) is 4.19. The van der Waals surface area contributed by atoms with Crippen molar-refractivity contribution in [3.05, 3.63) is 34.6 Å². The standard InChI is InChI=1S/C18H27ClFN3O2/c1-18(2,3)25-17(24)23-10-8-22(9-11-23)7-6-21-13-14-12-15(19)4-5-16(14)20/h4-5,12,21H,6-11,13H2,1-3H3. The lowest BCUT2D eigenvalue weighted by molar-refractivity contribution is 0.0146. The van der Waals surface area contributed by atoms with Gasteiger partial charge in [-0.1, -0.05) is 11.6 Å². The molecule has 1 saturated heterocycles. The van der Waals surface area contributed by atoms with Crippen LogP contribution in [0.25, 0.3) is 0 Å². The number of rotatable bonds is 5. The van der Waals surface area contributed by atoms with Gasteiger partial charge in [0.2, 0.25) is 0 Å². The zero-order chi connectivity index (χ0) is 18.4. The lowest BCUT2D eigenvalue weighted by Gasteiger charge is -2.35. The van der Waals surface area contributed by atoms with E-state index >= 15 is 0 Å². The van der Waals surface area contributed by atoms with Crippen molar-refractivity contribution in [2.45, 2.75) is 32.9 Å². The summed E-state index contributed by atoms with van der Waals surface area (Å²) in [6.07, 6.45) is -0.248. The number of hydrogen-bond acceptors (Lipinski definition) is 4. The third-order valence-electron chi connectivity index (χ3n) is 3.95. The van der Waals surface area contributed by atoms with E-state index in [0.29, 0.717) is 30.2 Å². The molecule has 1 N–H and O–H groups in total. The molecule has 25 heavy (non-hydrogen) atoms. The van der Waals surface area contributed by atoms with Crippen molar-refractivity contribution < 1.29 is 13.9 Å². The Kier molecular flexibility index (Phi) is 7.04. The third kappa shape index (κ3) is 6.80. The summed E-state index contributed by atoms with van der Waals surface area (Å²) in [6, 6.07) is 4.57.